The topological polar surface area (TPSA) is 100 Å². The summed E-state index contributed by atoms with van der Waals surface area (Å²) in [6.45, 7) is 4.33. The number of aromatic nitrogens is 3. The van der Waals surface area contributed by atoms with Crippen LogP contribution in [0.5, 0.6) is 5.88 Å². The number of nitrogens with one attached hydrogen (secondary N) is 1. The molecule has 2 heterocycles. The molecule has 2 fully saturated rings. The molecule has 0 spiro atoms. The molecular formula is C24H36N4O3. The summed E-state index contributed by atoms with van der Waals surface area (Å²) >= 11 is 0. The molecule has 2 aromatic heterocycles. The summed E-state index contributed by atoms with van der Waals surface area (Å²) in [5.74, 6) is 1.57. The number of hydrogen-bond acceptors (Lipinski definition) is 7. The molecule has 2 aromatic rings. The van der Waals surface area contributed by atoms with Gasteiger partial charge in [-0.1, -0.05) is 13.3 Å². The van der Waals surface area contributed by atoms with Gasteiger partial charge in [0.2, 0.25) is 11.8 Å². The second-order valence-corrected chi connectivity index (χ2v) is 9.36. The zero-order chi connectivity index (χ0) is 21.8. The highest BCUT2D eigenvalue weighted by molar-refractivity contribution is 5.86. The summed E-state index contributed by atoms with van der Waals surface area (Å²) in [7, 11) is 0. The van der Waals surface area contributed by atoms with Crippen molar-refractivity contribution in [2.75, 3.05) is 5.32 Å². The third-order valence-electron chi connectivity index (χ3n) is 6.77. The molecule has 0 bridgehead atoms. The van der Waals surface area contributed by atoms with Gasteiger partial charge in [0.15, 0.2) is 0 Å². The largest absolute Gasteiger partial charge is 0.474 e. The van der Waals surface area contributed by atoms with Gasteiger partial charge in [0.25, 0.3) is 0 Å². The van der Waals surface area contributed by atoms with Gasteiger partial charge in [-0.05, 0) is 70.6 Å². The molecule has 0 aliphatic heterocycles. The zero-order valence-corrected chi connectivity index (χ0v) is 18.8. The van der Waals surface area contributed by atoms with Crippen LogP contribution in [0, 0.1) is 0 Å². The van der Waals surface area contributed by atoms with Crippen LogP contribution in [0.3, 0.4) is 0 Å². The zero-order valence-electron chi connectivity index (χ0n) is 18.8. The maximum atomic E-state index is 9.94. The number of pyridine rings is 1. The van der Waals surface area contributed by atoms with Crippen LogP contribution >= 0.6 is 0 Å². The monoisotopic (exact) mass is 428 g/mol. The molecule has 3 N–H and O–H groups in total. The molecule has 7 heteroatoms. The second kappa shape index (κ2) is 10.1. The second-order valence-electron chi connectivity index (χ2n) is 9.36. The normalized spacial score (nSPS) is 27.7. The van der Waals surface area contributed by atoms with Crippen molar-refractivity contribution in [3.8, 4) is 5.88 Å². The quantitative estimate of drug-likeness (QED) is 0.603. The Morgan fingerprint density at radius 3 is 2.35 bits per heavy atom. The van der Waals surface area contributed by atoms with Gasteiger partial charge in [0.05, 0.1) is 23.1 Å². The van der Waals surface area contributed by atoms with E-state index in [0.717, 1.165) is 80.7 Å². The smallest absolute Gasteiger partial charge is 0.224 e. The van der Waals surface area contributed by atoms with Crippen LogP contribution in [0.15, 0.2) is 12.4 Å². The fraction of sp³-hybridized carbons (Fsp3) is 0.708. The highest BCUT2D eigenvalue weighted by Crippen LogP contribution is 2.38. The van der Waals surface area contributed by atoms with Gasteiger partial charge in [-0.3, -0.25) is 0 Å². The number of ether oxygens (including phenoxy) is 1. The Morgan fingerprint density at radius 2 is 1.68 bits per heavy atom. The third kappa shape index (κ3) is 5.44. The molecular weight excluding hydrogens is 392 g/mol. The van der Waals surface area contributed by atoms with Gasteiger partial charge in [-0.25, -0.2) is 15.0 Å². The van der Waals surface area contributed by atoms with Crippen LogP contribution in [0.2, 0.25) is 0 Å². The van der Waals surface area contributed by atoms with Crippen molar-refractivity contribution >= 4 is 16.9 Å². The average molecular weight is 429 g/mol. The van der Waals surface area contributed by atoms with E-state index in [1.165, 1.54) is 0 Å². The van der Waals surface area contributed by atoms with Gasteiger partial charge in [0.1, 0.15) is 6.10 Å². The first kappa shape index (κ1) is 22.2. The maximum Gasteiger partial charge on any atom is 0.224 e. The molecule has 0 radical (unpaired) electrons. The number of nitrogens with zero attached hydrogens (tertiary/aromatic N) is 3. The van der Waals surface area contributed by atoms with Gasteiger partial charge in [-0.15, -0.1) is 0 Å². The molecule has 0 amide bonds. The molecule has 0 aromatic carbocycles. The molecule has 1 unspecified atom stereocenters. The van der Waals surface area contributed by atoms with Crippen LogP contribution in [0.25, 0.3) is 10.9 Å². The predicted molar refractivity (Wildman–Crippen MR) is 121 cm³/mol. The van der Waals surface area contributed by atoms with Crippen LogP contribution in [-0.4, -0.2) is 49.5 Å². The number of fused-ring (bicyclic) bond motifs is 1. The highest BCUT2D eigenvalue weighted by Gasteiger charge is 2.26. The lowest BCUT2D eigenvalue weighted by Gasteiger charge is -2.28. The van der Waals surface area contributed by atoms with E-state index in [4.69, 9.17) is 9.72 Å². The van der Waals surface area contributed by atoms with Gasteiger partial charge >= 0.3 is 0 Å². The lowest BCUT2D eigenvalue weighted by Crippen LogP contribution is -2.27. The molecule has 31 heavy (non-hydrogen) atoms. The molecule has 0 saturated heterocycles. The summed E-state index contributed by atoms with van der Waals surface area (Å²) in [5.41, 5.74) is 2.03. The highest BCUT2D eigenvalue weighted by atomic mass is 16.5. The number of hydrogen-bond donors (Lipinski definition) is 3. The molecule has 4 rings (SSSR count). The Hall–Kier alpha value is -1.99. The first-order valence-electron chi connectivity index (χ1n) is 12.0. The minimum Gasteiger partial charge on any atom is -0.474 e. The SMILES string of the molecule is CCCC(C)Nc1ncc2c(O[C@H]3CC[C@H](O)CC3)ncc([C@H]3CC[C@H](O)CC3)c2n1. The van der Waals surface area contributed by atoms with Crippen LogP contribution in [-0.2, 0) is 0 Å². The Morgan fingerprint density at radius 1 is 1.00 bits per heavy atom. The number of aliphatic hydroxyl groups is 2. The molecule has 2 aliphatic rings. The van der Waals surface area contributed by atoms with Crippen molar-refractivity contribution < 1.29 is 14.9 Å². The van der Waals surface area contributed by atoms with E-state index >= 15 is 0 Å². The van der Waals surface area contributed by atoms with Gasteiger partial charge < -0.3 is 20.3 Å². The first-order chi connectivity index (χ1) is 15.0. The Balaban J connectivity index is 1.65. The Kier molecular flexibility index (Phi) is 7.23. The average Bonchev–Trinajstić information content (AvgIpc) is 2.76. The van der Waals surface area contributed by atoms with E-state index in [2.05, 4.69) is 29.1 Å². The standard InChI is InChI=1S/C24H36N4O3/c1-3-4-15(2)27-24-26-14-21-22(28-24)20(16-5-7-17(29)8-6-16)13-25-23(21)31-19-11-9-18(30)10-12-19/h13-19,29-30H,3-12H2,1-2H3,(H,26,27,28)/t15?,16-,17-,18-,19-. The van der Waals surface area contributed by atoms with Crippen molar-refractivity contribution in [2.24, 2.45) is 0 Å². The molecule has 2 aliphatic carbocycles. The van der Waals surface area contributed by atoms with Crippen LogP contribution in [0.4, 0.5) is 5.95 Å². The molecule has 7 nitrogen and oxygen atoms in total. The Bertz CT molecular complexity index is 861. The summed E-state index contributed by atoms with van der Waals surface area (Å²) < 4.78 is 6.27. The first-order valence-corrected chi connectivity index (χ1v) is 12.0. The number of aliphatic hydroxyl groups excluding tert-OH is 2. The predicted octanol–water partition coefficient (Wildman–Crippen LogP) is 4.33. The van der Waals surface area contributed by atoms with Crippen molar-refractivity contribution in [1.82, 2.24) is 15.0 Å². The van der Waals surface area contributed by atoms with Crippen molar-refractivity contribution in [2.45, 2.75) is 108 Å². The summed E-state index contributed by atoms with van der Waals surface area (Å²) in [6, 6.07) is 0.307. The maximum absolute atomic E-state index is 9.94. The lowest BCUT2D eigenvalue weighted by atomic mass is 9.83. The number of rotatable bonds is 7. The lowest BCUT2D eigenvalue weighted by molar-refractivity contribution is 0.0651. The summed E-state index contributed by atoms with van der Waals surface area (Å²) in [6.07, 6.45) is 12.3. The van der Waals surface area contributed by atoms with Crippen LogP contribution in [0.1, 0.15) is 89.5 Å². The van der Waals surface area contributed by atoms with Crippen molar-refractivity contribution in [3.05, 3.63) is 18.0 Å². The number of anilines is 1. The molecule has 1 atom stereocenters. The van der Waals surface area contributed by atoms with Crippen molar-refractivity contribution in [3.63, 3.8) is 0 Å². The van der Waals surface area contributed by atoms with E-state index in [9.17, 15) is 10.2 Å². The van der Waals surface area contributed by atoms with Gasteiger partial charge in [0, 0.05) is 24.0 Å². The molecule has 2 saturated carbocycles. The van der Waals surface area contributed by atoms with E-state index in [-0.39, 0.29) is 18.3 Å². The summed E-state index contributed by atoms with van der Waals surface area (Å²) in [5, 5.41) is 24.0. The fourth-order valence-electron chi connectivity index (χ4n) is 4.91. The minimum atomic E-state index is -0.212. The van der Waals surface area contributed by atoms with Crippen LogP contribution < -0.4 is 10.1 Å². The third-order valence-corrected chi connectivity index (χ3v) is 6.77. The van der Waals surface area contributed by atoms with E-state index in [0.29, 0.717) is 23.8 Å². The van der Waals surface area contributed by atoms with Crippen molar-refractivity contribution in [1.29, 1.82) is 0 Å². The van der Waals surface area contributed by atoms with E-state index < -0.39 is 0 Å². The Labute approximate surface area is 184 Å². The summed E-state index contributed by atoms with van der Waals surface area (Å²) in [4.78, 5) is 14.2. The fourth-order valence-corrected chi connectivity index (χ4v) is 4.91. The van der Waals surface area contributed by atoms with E-state index in [1.54, 1.807) is 0 Å². The van der Waals surface area contributed by atoms with Gasteiger partial charge in [-0.2, -0.15) is 0 Å². The molecule has 170 valence electrons. The minimum absolute atomic E-state index is 0.0668. The van der Waals surface area contributed by atoms with E-state index in [1.807, 2.05) is 12.4 Å².